The summed E-state index contributed by atoms with van der Waals surface area (Å²) in [7, 11) is 0. The van der Waals surface area contributed by atoms with E-state index in [1.807, 2.05) is 19.1 Å². The van der Waals surface area contributed by atoms with E-state index >= 15 is 0 Å². The van der Waals surface area contributed by atoms with Gasteiger partial charge in [-0.05, 0) is 48.7 Å². The first kappa shape index (κ1) is 25.5. The van der Waals surface area contributed by atoms with E-state index in [-0.39, 0.29) is 25.0 Å². The molecule has 0 aliphatic rings. The molecule has 0 aromatic heterocycles. The minimum absolute atomic E-state index is 0.167. The average Bonchev–Trinajstić information content (AvgIpc) is 2.74. The molecule has 1 atom stereocenters. The largest absolute Gasteiger partial charge is 0.482 e. The van der Waals surface area contributed by atoms with E-state index in [1.165, 1.54) is 0 Å². The number of ether oxygens (including phenoxy) is 1. The molecule has 0 aliphatic carbocycles. The van der Waals surface area contributed by atoms with Crippen LogP contribution in [0.5, 0.6) is 5.75 Å². The number of benzene rings is 2. The lowest BCUT2D eigenvalue weighted by molar-refractivity contribution is -0.143. The summed E-state index contributed by atoms with van der Waals surface area (Å²) < 4.78 is 6.48. The standard InChI is InChI=1S/C23H27BrCl2N2O3/c1-3-5-12-27-23(30)20(4-2)28(14-16-6-9-18(25)10-7-16)22(29)15-31-21-11-8-17(24)13-19(21)26/h6-11,13,20H,3-5,12,14-15H2,1-2H3,(H,27,30). The van der Waals surface area contributed by atoms with Crippen LogP contribution in [0.25, 0.3) is 0 Å². The Balaban J connectivity index is 2.18. The minimum atomic E-state index is -0.607. The molecule has 0 aliphatic heterocycles. The molecule has 0 spiro atoms. The Labute approximate surface area is 202 Å². The second-order valence-electron chi connectivity index (χ2n) is 7.08. The van der Waals surface area contributed by atoms with Gasteiger partial charge >= 0.3 is 0 Å². The van der Waals surface area contributed by atoms with Crippen molar-refractivity contribution in [1.29, 1.82) is 0 Å². The molecule has 2 aromatic rings. The van der Waals surface area contributed by atoms with E-state index < -0.39 is 6.04 Å². The molecule has 2 amide bonds. The molecule has 0 bridgehead atoms. The van der Waals surface area contributed by atoms with Gasteiger partial charge in [0.1, 0.15) is 11.8 Å². The first-order valence-electron chi connectivity index (χ1n) is 10.2. The summed E-state index contributed by atoms with van der Waals surface area (Å²) in [6.45, 7) is 4.57. The van der Waals surface area contributed by atoms with Gasteiger partial charge in [-0.25, -0.2) is 0 Å². The Morgan fingerprint density at radius 3 is 2.45 bits per heavy atom. The van der Waals surface area contributed by atoms with Gasteiger partial charge in [0.05, 0.1) is 5.02 Å². The molecule has 1 unspecified atom stereocenters. The Hall–Kier alpha value is -1.76. The molecular formula is C23H27BrCl2N2O3. The maximum absolute atomic E-state index is 13.1. The molecule has 0 fully saturated rings. The fourth-order valence-electron chi connectivity index (χ4n) is 3.03. The van der Waals surface area contributed by atoms with Crippen molar-refractivity contribution in [3.8, 4) is 5.75 Å². The number of amides is 2. The van der Waals surface area contributed by atoms with Crippen molar-refractivity contribution in [2.75, 3.05) is 13.2 Å². The summed E-state index contributed by atoms with van der Waals surface area (Å²) in [4.78, 5) is 27.5. The van der Waals surface area contributed by atoms with Gasteiger partial charge in [0.25, 0.3) is 5.91 Å². The van der Waals surface area contributed by atoms with E-state index in [0.29, 0.717) is 28.8 Å². The zero-order valence-corrected chi connectivity index (χ0v) is 20.8. The molecule has 0 saturated carbocycles. The lowest BCUT2D eigenvalue weighted by Gasteiger charge is -2.30. The van der Waals surface area contributed by atoms with Gasteiger partial charge < -0.3 is 15.0 Å². The molecule has 1 N–H and O–H groups in total. The van der Waals surface area contributed by atoms with E-state index in [4.69, 9.17) is 27.9 Å². The lowest BCUT2D eigenvalue weighted by Crippen LogP contribution is -2.50. The highest BCUT2D eigenvalue weighted by Gasteiger charge is 2.29. The van der Waals surface area contributed by atoms with Gasteiger partial charge in [-0.15, -0.1) is 0 Å². The maximum atomic E-state index is 13.1. The smallest absolute Gasteiger partial charge is 0.261 e. The molecule has 0 saturated heterocycles. The van der Waals surface area contributed by atoms with Crippen molar-refractivity contribution in [2.45, 2.75) is 45.7 Å². The van der Waals surface area contributed by atoms with Crippen LogP contribution in [0.4, 0.5) is 0 Å². The van der Waals surface area contributed by atoms with Gasteiger partial charge in [0, 0.05) is 22.6 Å². The number of rotatable bonds is 11. The van der Waals surface area contributed by atoms with E-state index in [2.05, 4.69) is 28.2 Å². The van der Waals surface area contributed by atoms with Gasteiger partial charge in [-0.1, -0.05) is 71.5 Å². The van der Waals surface area contributed by atoms with Crippen LogP contribution >= 0.6 is 39.1 Å². The number of nitrogens with zero attached hydrogens (tertiary/aromatic N) is 1. The monoisotopic (exact) mass is 528 g/mol. The predicted octanol–water partition coefficient (Wildman–Crippen LogP) is 5.86. The molecular weight excluding hydrogens is 503 g/mol. The van der Waals surface area contributed by atoms with Gasteiger partial charge in [0.15, 0.2) is 6.61 Å². The summed E-state index contributed by atoms with van der Waals surface area (Å²) >= 11 is 15.5. The van der Waals surface area contributed by atoms with Crippen molar-refractivity contribution >= 4 is 50.9 Å². The van der Waals surface area contributed by atoms with Crippen LogP contribution in [-0.2, 0) is 16.1 Å². The molecule has 8 heteroatoms. The fraction of sp³-hybridized carbons (Fsp3) is 0.391. The van der Waals surface area contributed by atoms with Crippen molar-refractivity contribution in [3.63, 3.8) is 0 Å². The van der Waals surface area contributed by atoms with Gasteiger partial charge in [0.2, 0.25) is 5.91 Å². The summed E-state index contributed by atoms with van der Waals surface area (Å²) in [5, 5.41) is 3.94. The van der Waals surface area contributed by atoms with Crippen LogP contribution in [0, 0.1) is 0 Å². The highest BCUT2D eigenvalue weighted by atomic mass is 79.9. The first-order valence-corrected chi connectivity index (χ1v) is 11.8. The molecule has 2 aromatic carbocycles. The Kier molecular flexibility index (Phi) is 10.6. The molecule has 168 valence electrons. The SMILES string of the molecule is CCCCNC(=O)C(CC)N(Cc1ccc(Cl)cc1)C(=O)COc1ccc(Br)cc1Cl. The Morgan fingerprint density at radius 1 is 1.13 bits per heavy atom. The van der Waals surface area contributed by atoms with Crippen molar-refractivity contribution < 1.29 is 14.3 Å². The molecule has 31 heavy (non-hydrogen) atoms. The lowest BCUT2D eigenvalue weighted by atomic mass is 10.1. The summed E-state index contributed by atoms with van der Waals surface area (Å²) in [6, 6.07) is 11.8. The highest BCUT2D eigenvalue weighted by molar-refractivity contribution is 9.10. The Bertz CT molecular complexity index is 878. The summed E-state index contributed by atoms with van der Waals surface area (Å²) in [6.07, 6.45) is 2.35. The van der Waals surface area contributed by atoms with E-state index in [0.717, 1.165) is 22.9 Å². The van der Waals surface area contributed by atoms with E-state index in [1.54, 1.807) is 35.2 Å². The number of hydrogen-bond acceptors (Lipinski definition) is 3. The van der Waals surface area contributed by atoms with Crippen LogP contribution in [0.2, 0.25) is 10.0 Å². The fourth-order valence-corrected chi connectivity index (χ4v) is 3.88. The van der Waals surface area contributed by atoms with Crippen molar-refractivity contribution in [3.05, 3.63) is 62.5 Å². The van der Waals surface area contributed by atoms with Crippen molar-refractivity contribution in [1.82, 2.24) is 10.2 Å². The predicted molar refractivity (Wildman–Crippen MR) is 129 cm³/mol. The molecule has 0 radical (unpaired) electrons. The normalized spacial score (nSPS) is 11.6. The molecule has 2 rings (SSSR count). The van der Waals surface area contributed by atoms with Gasteiger partial charge in [-0.3, -0.25) is 9.59 Å². The first-order chi connectivity index (χ1) is 14.8. The minimum Gasteiger partial charge on any atom is -0.482 e. The second-order valence-corrected chi connectivity index (χ2v) is 8.84. The third-order valence-electron chi connectivity index (χ3n) is 4.73. The number of carbonyl (C=O) groups is 2. The molecule has 5 nitrogen and oxygen atoms in total. The quantitative estimate of drug-likeness (QED) is 0.371. The summed E-state index contributed by atoms with van der Waals surface area (Å²) in [5.74, 6) is -0.0588. The van der Waals surface area contributed by atoms with Gasteiger partial charge in [-0.2, -0.15) is 0 Å². The number of unbranched alkanes of at least 4 members (excludes halogenated alkanes) is 1. The maximum Gasteiger partial charge on any atom is 0.261 e. The number of nitrogens with one attached hydrogen (secondary N) is 1. The van der Waals surface area contributed by atoms with Crippen LogP contribution in [0.15, 0.2) is 46.9 Å². The number of carbonyl (C=O) groups excluding carboxylic acids is 2. The topological polar surface area (TPSA) is 58.6 Å². The average molecular weight is 530 g/mol. The van der Waals surface area contributed by atoms with Crippen LogP contribution in [0.1, 0.15) is 38.7 Å². The number of halogens is 3. The van der Waals surface area contributed by atoms with E-state index in [9.17, 15) is 9.59 Å². The number of hydrogen-bond donors (Lipinski definition) is 1. The van der Waals surface area contributed by atoms with Crippen LogP contribution < -0.4 is 10.1 Å². The zero-order valence-electron chi connectivity index (χ0n) is 17.7. The second kappa shape index (κ2) is 12.9. The highest BCUT2D eigenvalue weighted by Crippen LogP contribution is 2.28. The summed E-state index contributed by atoms with van der Waals surface area (Å²) in [5.41, 5.74) is 0.874. The zero-order chi connectivity index (χ0) is 22.8. The third kappa shape index (κ3) is 8.02. The van der Waals surface area contributed by atoms with Crippen LogP contribution in [0.3, 0.4) is 0 Å². The third-order valence-corrected chi connectivity index (χ3v) is 5.77. The van der Waals surface area contributed by atoms with Crippen LogP contribution in [-0.4, -0.2) is 35.9 Å². The molecule has 0 heterocycles. The Morgan fingerprint density at radius 2 is 1.84 bits per heavy atom. The van der Waals surface area contributed by atoms with Crippen molar-refractivity contribution in [2.24, 2.45) is 0 Å².